The number of pyridine rings is 1. The number of carboxylic acid groups (broad SMARTS) is 1. The van der Waals surface area contributed by atoms with Gasteiger partial charge in [0, 0.05) is 6.07 Å². The second-order valence-corrected chi connectivity index (χ2v) is 3.96. The summed E-state index contributed by atoms with van der Waals surface area (Å²) in [6.45, 7) is 3.76. The van der Waals surface area contributed by atoms with Crippen LogP contribution in [0.3, 0.4) is 0 Å². The van der Waals surface area contributed by atoms with Crippen LogP contribution in [0.5, 0.6) is 5.75 Å². The van der Waals surface area contributed by atoms with E-state index in [0.717, 1.165) is 4.57 Å². The van der Waals surface area contributed by atoms with Crippen LogP contribution in [0, 0.1) is 0 Å². The Morgan fingerprint density at radius 3 is 2.71 bits per heavy atom. The molecule has 0 fully saturated rings. The molecule has 0 amide bonds. The average molecular weight is 261 g/mol. The topological polar surface area (TPSA) is 50.4 Å². The zero-order valence-electron chi connectivity index (χ0n) is 7.90. The Kier molecular flexibility index (Phi) is 3.46. The molecule has 0 radical (unpaired) electrons. The Morgan fingerprint density at radius 1 is 1.57 bits per heavy atom. The number of hydrogen-bond acceptors (Lipinski definition) is 2. The Labute approximate surface area is 90.3 Å². The molecule has 0 unspecified atom stereocenters. The van der Waals surface area contributed by atoms with Gasteiger partial charge in [-0.2, -0.15) is 4.79 Å². The van der Waals surface area contributed by atoms with Crippen LogP contribution < -0.4 is 9.30 Å². The number of rotatable bonds is 2. The van der Waals surface area contributed by atoms with Crippen LogP contribution in [0.1, 0.15) is 13.8 Å². The fourth-order valence-electron chi connectivity index (χ4n) is 0.965. The van der Waals surface area contributed by atoms with Crippen LogP contribution in [-0.2, 0) is 0 Å². The normalized spacial score (nSPS) is 10.3. The van der Waals surface area contributed by atoms with E-state index in [9.17, 15) is 4.79 Å². The lowest BCUT2D eigenvalue weighted by Gasteiger charge is -2.07. The smallest absolute Gasteiger partial charge is 0.485 e. The maximum atomic E-state index is 10.7. The van der Waals surface area contributed by atoms with Crippen molar-refractivity contribution in [2.24, 2.45) is 0 Å². The standard InChI is InChI=1S/C9H10BrNO3/c1-6(2)14-8-3-7(10)4-11(5-8)9(12)13/h3-6H,1-2H3/p+1. The summed E-state index contributed by atoms with van der Waals surface area (Å²) in [6.07, 6.45) is 1.86. The van der Waals surface area contributed by atoms with Gasteiger partial charge in [0.05, 0.1) is 10.6 Å². The third-order valence-electron chi connectivity index (χ3n) is 1.40. The van der Waals surface area contributed by atoms with Crippen LogP contribution in [0.4, 0.5) is 4.79 Å². The first-order valence-corrected chi connectivity index (χ1v) is 4.90. The first kappa shape index (κ1) is 11.0. The summed E-state index contributed by atoms with van der Waals surface area (Å²) in [6, 6.07) is 1.72. The molecule has 0 aromatic carbocycles. The highest BCUT2D eigenvalue weighted by molar-refractivity contribution is 9.10. The second kappa shape index (κ2) is 4.41. The molecule has 76 valence electrons. The van der Waals surface area contributed by atoms with Crippen molar-refractivity contribution in [2.75, 3.05) is 0 Å². The number of carbonyl (C=O) groups is 1. The fraction of sp³-hybridized carbons (Fsp3) is 0.333. The zero-order chi connectivity index (χ0) is 10.7. The highest BCUT2D eigenvalue weighted by Crippen LogP contribution is 2.16. The largest absolute Gasteiger partial charge is 0.599 e. The maximum absolute atomic E-state index is 10.7. The highest BCUT2D eigenvalue weighted by Gasteiger charge is 2.15. The monoisotopic (exact) mass is 260 g/mol. The van der Waals surface area contributed by atoms with E-state index >= 15 is 0 Å². The number of hydrogen-bond donors (Lipinski definition) is 1. The molecular weight excluding hydrogens is 250 g/mol. The summed E-state index contributed by atoms with van der Waals surface area (Å²) < 4.78 is 7.08. The van der Waals surface area contributed by atoms with E-state index in [1.165, 1.54) is 12.4 Å². The predicted octanol–water partition coefficient (Wildman–Crippen LogP) is 2.05. The third-order valence-corrected chi connectivity index (χ3v) is 1.84. The first-order valence-electron chi connectivity index (χ1n) is 4.11. The van der Waals surface area contributed by atoms with Crippen molar-refractivity contribution in [1.29, 1.82) is 0 Å². The third kappa shape index (κ3) is 2.99. The van der Waals surface area contributed by atoms with E-state index in [1.54, 1.807) is 6.07 Å². The fourth-order valence-corrected chi connectivity index (χ4v) is 1.41. The molecule has 1 heterocycles. The lowest BCUT2D eigenvalue weighted by molar-refractivity contribution is -0.585. The van der Waals surface area contributed by atoms with E-state index in [4.69, 9.17) is 9.84 Å². The van der Waals surface area contributed by atoms with Crippen LogP contribution in [0.15, 0.2) is 22.9 Å². The minimum atomic E-state index is -1.04. The minimum absolute atomic E-state index is 0.0199. The number of nitrogens with zero attached hydrogens (tertiary/aromatic N) is 1. The molecule has 0 spiro atoms. The van der Waals surface area contributed by atoms with Crippen molar-refractivity contribution >= 4 is 22.0 Å². The van der Waals surface area contributed by atoms with Crippen LogP contribution >= 0.6 is 15.9 Å². The van der Waals surface area contributed by atoms with Gasteiger partial charge in [0.25, 0.3) is 0 Å². The van der Waals surface area contributed by atoms with Crippen LogP contribution in [-0.4, -0.2) is 17.3 Å². The first-order chi connectivity index (χ1) is 6.49. The van der Waals surface area contributed by atoms with Crippen LogP contribution in [0.25, 0.3) is 0 Å². The quantitative estimate of drug-likeness (QED) is 0.829. The van der Waals surface area contributed by atoms with Crippen molar-refractivity contribution in [1.82, 2.24) is 0 Å². The average Bonchev–Trinajstić information content (AvgIpc) is 2.01. The number of halogens is 1. The van der Waals surface area contributed by atoms with Crippen molar-refractivity contribution in [3.05, 3.63) is 22.9 Å². The second-order valence-electron chi connectivity index (χ2n) is 3.05. The molecule has 0 bridgehead atoms. The highest BCUT2D eigenvalue weighted by atomic mass is 79.9. The van der Waals surface area contributed by atoms with E-state index in [2.05, 4.69) is 15.9 Å². The van der Waals surface area contributed by atoms with E-state index in [0.29, 0.717) is 10.2 Å². The van der Waals surface area contributed by atoms with Gasteiger partial charge in [-0.1, -0.05) is 4.57 Å². The van der Waals surface area contributed by atoms with Gasteiger partial charge in [-0.05, 0) is 29.8 Å². The summed E-state index contributed by atoms with van der Waals surface area (Å²) in [5, 5.41) is 8.75. The molecule has 1 aromatic rings. The van der Waals surface area contributed by atoms with E-state index in [1.807, 2.05) is 13.8 Å². The molecule has 1 N–H and O–H groups in total. The lowest BCUT2D eigenvalue weighted by Crippen LogP contribution is -2.41. The number of ether oxygens (including phenoxy) is 1. The Bertz CT molecular complexity index is 352. The molecule has 14 heavy (non-hydrogen) atoms. The van der Waals surface area contributed by atoms with Gasteiger partial charge < -0.3 is 9.84 Å². The summed E-state index contributed by atoms with van der Waals surface area (Å²) >= 11 is 3.21. The van der Waals surface area contributed by atoms with Gasteiger partial charge in [0.15, 0.2) is 11.9 Å². The molecule has 0 atom stereocenters. The van der Waals surface area contributed by atoms with Crippen LogP contribution in [0.2, 0.25) is 0 Å². The van der Waals surface area contributed by atoms with Gasteiger partial charge >= 0.3 is 6.09 Å². The Hall–Kier alpha value is -1.10. The zero-order valence-corrected chi connectivity index (χ0v) is 9.48. The molecule has 1 rings (SSSR count). The van der Waals surface area contributed by atoms with Gasteiger partial charge in [0.1, 0.15) is 0 Å². The van der Waals surface area contributed by atoms with Gasteiger partial charge in [0.2, 0.25) is 6.20 Å². The number of aromatic nitrogens is 1. The molecule has 0 aliphatic heterocycles. The molecule has 0 saturated heterocycles. The van der Waals surface area contributed by atoms with Gasteiger partial charge in [-0.15, -0.1) is 0 Å². The summed E-state index contributed by atoms with van der Waals surface area (Å²) in [7, 11) is 0. The van der Waals surface area contributed by atoms with Crippen molar-refractivity contribution in [3.8, 4) is 5.75 Å². The molecule has 4 nitrogen and oxygen atoms in total. The van der Waals surface area contributed by atoms with Gasteiger partial charge in [-0.25, -0.2) is 0 Å². The van der Waals surface area contributed by atoms with Crippen molar-refractivity contribution in [2.45, 2.75) is 20.0 Å². The van der Waals surface area contributed by atoms with E-state index < -0.39 is 6.09 Å². The maximum Gasteiger partial charge on any atom is 0.599 e. The van der Waals surface area contributed by atoms with E-state index in [-0.39, 0.29) is 6.10 Å². The predicted molar refractivity (Wildman–Crippen MR) is 53.5 cm³/mol. The molecule has 5 heteroatoms. The summed E-state index contributed by atoms with van der Waals surface area (Å²) in [5.41, 5.74) is 0. The SMILES string of the molecule is CC(C)Oc1cc(Br)c[n+](C(=O)O)c1. The van der Waals surface area contributed by atoms with Crippen molar-refractivity contribution in [3.63, 3.8) is 0 Å². The molecule has 1 aromatic heterocycles. The molecule has 0 aliphatic carbocycles. The van der Waals surface area contributed by atoms with Crippen molar-refractivity contribution < 1.29 is 19.2 Å². The Balaban J connectivity index is 3.01. The minimum Gasteiger partial charge on any atom is -0.485 e. The summed E-state index contributed by atoms with van der Waals surface area (Å²) in [4.78, 5) is 10.7. The molecular formula is C9H11BrNO3+. The molecule has 0 saturated carbocycles. The summed E-state index contributed by atoms with van der Waals surface area (Å²) in [5.74, 6) is 0.525. The lowest BCUT2D eigenvalue weighted by atomic mass is 10.4. The Morgan fingerprint density at radius 2 is 2.21 bits per heavy atom. The molecule has 0 aliphatic rings. The van der Waals surface area contributed by atoms with Gasteiger partial charge in [-0.3, -0.25) is 0 Å².